The number of anilines is 1. The minimum atomic E-state index is 0.0255. The van der Waals surface area contributed by atoms with Crippen molar-refractivity contribution in [2.45, 2.75) is 45.6 Å². The molecule has 0 saturated heterocycles. The van der Waals surface area contributed by atoms with Crippen LogP contribution in [0, 0.1) is 13.8 Å². The maximum absolute atomic E-state index is 13.3. The fourth-order valence-corrected chi connectivity index (χ4v) is 4.61. The molecule has 1 heterocycles. The number of hydrogen-bond acceptors (Lipinski definition) is 4. The molecule has 0 atom stereocenters. The van der Waals surface area contributed by atoms with Crippen LogP contribution in [0.4, 0.5) is 5.13 Å². The summed E-state index contributed by atoms with van der Waals surface area (Å²) < 4.78 is 0. The van der Waals surface area contributed by atoms with Crippen LogP contribution in [0.5, 0.6) is 0 Å². The highest BCUT2D eigenvalue weighted by molar-refractivity contribution is 7.18. The van der Waals surface area contributed by atoms with Crippen LogP contribution in [-0.4, -0.2) is 22.1 Å². The van der Waals surface area contributed by atoms with Gasteiger partial charge in [0.05, 0.1) is 0 Å². The number of hydrogen-bond donors (Lipinski definition) is 0. The van der Waals surface area contributed by atoms with Gasteiger partial charge in [-0.1, -0.05) is 65.6 Å². The lowest BCUT2D eigenvalue weighted by Gasteiger charge is -2.26. The smallest absolute Gasteiger partial charge is 0.260 e. The summed E-state index contributed by atoms with van der Waals surface area (Å²) in [4.78, 5) is 15.2. The summed E-state index contributed by atoms with van der Waals surface area (Å²) in [6.07, 6.45) is 4.37. The lowest BCUT2D eigenvalue weighted by molar-refractivity contribution is 0.0976. The number of aromatic nitrogens is 2. The van der Waals surface area contributed by atoms with E-state index in [2.05, 4.69) is 29.3 Å². The van der Waals surface area contributed by atoms with Gasteiger partial charge >= 0.3 is 0 Å². The molecule has 0 unspecified atom stereocenters. The number of carbonyl (C=O) groups is 1. The number of nitrogens with zero attached hydrogens (tertiary/aromatic N) is 3. The Morgan fingerprint density at radius 1 is 1.00 bits per heavy atom. The Morgan fingerprint density at radius 3 is 2.41 bits per heavy atom. The van der Waals surface area contributed by atoms with E-state index in [0.717, 1.165) is 41.8 Å². The van der Waals surface area contributed by atoms with Crippen molar-refractivity contribution < 1.29 is 4.79 Å². The van der Waals surface area contributed by atoms with Crippen LogP contribution in [0.2, 0.25) is 0 Å². The zero-order valence-corrected chi connectivity index (χ0v) is 16.5. The fraction of sp³-hybridized carbons (Fsp3) is 0.318. The van der Waals surface area contributed by atoms with E-state index in [1.807, 2.05) is 48.2 Å². The molecular formula is C22H23N3OS. The average Bonchev–Trinajstić information content (AvgIpc) is 3.35. The monoisotopic (exact) mass is 377 g/mol. The van der Waals surface area contributed by atoms with E-state index >= 15 is 0 Å². The molecule has 1 amide bonds. The van der Waals surface area contributed by atoms with Gasteiger partial charge in [-0.15, -0.1) is 10.2 Å². The zero-order chi connectivity index (χ0) is 18.8. The SMILES string of the molecule is Cc1cccc(C(=O)N(c2nnc(-c3cccc(C)c3)s2)C2CCCC2)c1. The van der Waals surface area contributed by atoms with Crippen LogP contribution in [0.15, 0.2) is 48.5 Å². The molecule has 1 fully saturated rings. The lowest BCUT2D eigenvalue weighted by Crippen LogP contribution is -2.39. The Bertz CT molecular complexity index is 959. The third kappa shape index (κ3) is 3.78. The van der Waals surface area contributed by atoms with Crippen molar-refractivity contribution in [3.8, 4) is 10.6 Å². The summed E-state index contributed by atoms with van der Waals surface area (Å²) in [7, 11) is 0. The molecule has 3 aromatic rings. The maximum Gasteiger partial charge on any atom is 0.260 e. The molecule has 27 heavy (non-hydrogen) atoms. The molecule has 0 aliphatic heterocycles. The van der Waals surface area contributed by atoms with Gasteiger partial charge in [0.15, 0.2) is 0 Å². The van der Waals surface area contributed by atoms with Crippen LogP contribution in [0.1, 0.15) is 47.2 Å². The van der Waals surface area contributed by atoms with Crippen molar-refractivity contribution >= 4 is 22.4 Å². The van der Waals surface area contributed by atoms with E-state index in [0.29, 0.717) is 10.7 Å². The van der Waals surface area contributed by atoms with Crippen molar-refractivity contribution in [1.82, 2.24) is 10.2 Å². The van der Waals surface area contributed by atoms with E-state index in [1.54, 1.807) is 0 Å². The number of carbonyl (C=O) groups excluding carboxylic acids is 1. The summed E-state index contributed by atoms with van der Waals surface area (Å²) in [6, 6.07) is 16.2. The number of rotatable bonds is 4. The van der Waals surface area contributed by atoms with Gasteiger partial charge in [0, 0.05) is 17.2 Å². The normalized spacial score (nSPS) is 14.4. The van der Waals surface area contributed by atoms with Gasteiger partial charge in [-0.05, 0) is 44.9 Å². The number of benzene rings is 2. The first-order chi connectivity index (χ1) is 13.1. The van der Waals surface area contributed by atoms with Gasteiger partial charge in [-0.25, -0.2) is 0 Å². The average molecular weight is 378 g/mol. The Kier molecular flexibility index (Phi) is 5.03. The summed E-state index contributed by atoms with van der Waals surface area (Å²) in [5.41, 5.74) is 4.04. The third-order valence-corrected chi connectivity index (χ3v) is 6.03. The molecule has 1 aromatic heterocycles. The van der Waals surface area contributed by atoms with Crippen molar-refractivity contribution in [1.29, 1.82) is 0 Å². The van der Waals surface area contributed by atoms with E-state index in [-0.39, 0.29) is 11.9 Å². The van der Waals surface area contributed by atoms with E-state index in [9.17, 15) is 4.79 Å². The van der Waals surface area contributed by atoms with Gasteiger partial charge in [-0.3, -0.25) is 9.69 Å². The summed E-state index contributed by atoms with van der Waals surface area (Å²) in [6.45, 7) is 4.08. The molecule has 4 nitrogen and oxygen atoms in total. The molecule has 5 heteroatoms. The molecule has 0 N–H and O–H groups in total. The summed E-state index contributed by atoms with van der Waals surface area (Å²) in [5.74, 6) is 0.0255. The van der Waals surface area contributed by atoms with Crippen LogP contribution in [0.25, 0.3) is 10.6 Å². The topological polar surface area (TPSA) is 46.1 Å². The first kappa shape index (κ1) is 17.9. The molecule has 1 aliphatic carbocycles. The van der Waals surface area contributed by atoms with E-state index in [1.165, 1.54) is 16.9 Å². The first-order valence-electron chi connectivity index (χ1n) is 9.42. The zero-order valence-electron chi connectivity index (χ0n) is 15.7. The predicted octanol–water partition coefficient (Wildman–Crippen LogP) is 5.41. The molecule has 138 valence electrons. The molecule has 1 aliphatic rings. The van der Waals surface area contributed by atoms with Crippen LogP contribution < -0.4 is 4.90 Å². The Labute approximate surface area is 163 Å². The second-order valence-corrected chi connectivity index (χ2v) is 8.20. The Balaban J connectivity index is 1.70. The molecule has 1 saturated carbocycles. The van der Waals surface area contributed by atoms with Gasteiger partial charge in [0.25, 0.3) is 5.91 Å². The van der Waals surface area contributed by atoms with Crippen molar-refractivity contribution in [2.24, 2.45) is 0 Å². The summed E-state index contributed by atoms with van der Waals surface area (Å²) >= 11 is 1.50. The van der Waals surface area contributed by atoms with Crippen LogP contribution in [-0.2, 0) is 0 Å². The van der Waals surface area contributed by atoms with Gasteiger partial charge in [0.2, 0.25) is 5.13 Å². The largest absolute Gasteiger partial charge is 0.279 e. The second-order valence-electron chi connectivity index (χ2n) is 7.24. The number of aryl methyl sites for hydroxylation is 2. The van der Waals surface area contributed by atoms with Gasteiger partial charge in [0.1, 0.15) is 5.01 Å². The molecule has 2 aromatic carbocycles. The Morgan fingerprint density at radius 2 is 1.70 bits per heavy atom. The minimum Gasteiger partial charge on any atom is -0.279 e. The standard InChI is InChI=1S/C22H23N3OS/c1-15-7-5-9-17(13-15)20-23-24-22(27-20)25(19-11-3-4-12-19)21(26)18-10-6-8-16(2)14-18/h5-10,13-14,19H,3-4,11-12H2,1-2H3. The first-order valence-corrected chi connectivity index (χ1v) is 10.2. The molecule has 0 spiro atoms. The highest BCUT2D eigenvalue weighted by Crippen LogP contribution is 2.35. The Hall–Kier alpha value is -2.53. The minimum absolute atomic E-state index is 0.0255. The quantitative estimate of drug-likeness (QED) is 0.610. The maximum atomic E-state index is 13.3. The van der Waals surface area contributed by atoms with Crippen LogP contribution >= 0.6 is 11.3 Å². The molecular weight excluding hydrogens is 354 g/mol. The van der Waals surface area contributed by atoms with Gasteiger partial charge in [-0.2, -0.15) is 0 Å². The van der Waals surface area contributed by atoms with Gasteiger partial charge < -0.3 is 0 Å². The highest BCUT2D eigenvalue weighted by atomic mass is 32.1. The van der Waals surface area contributed by atoms with E-state index in [4.69, 9.17) is 0 Å². The molecule has 4 rings (SSSR count). The summed E-state index contributed by atoms with van der Waals surface area (Å²) in [5, 5.41) is 10.4. The predicted molar refractivity (Wildman–Crippen MR) is 110 cm³/mol. The third-order valence-electron chi connectivity index (χ3n) is 5.06. The highest BCUT2D eigenvalue weighted by Gasteiger charge is 2.31. The lowest BCUT2D eigenvalue weighted by atomic mass is 10.1. The molecule has 0 bridgehead atoms. The number of amides is 1. The van der Waals surface area contributed by atoms with Crippen LogP contribution in [0.3, 0.4) is 0 Å². The van der Waals surface area contributed by atoms with Crippen molar-refractivity contribution in [3.63, 3.8) is 0 Å². The van der Waals surface area contributed by atoms with E-state index < -0.39 is 0 Å². The fourth-order valence-electron chi connectivity index (χ4n) is 3.70. The molecule has 0 radical (unpaired) electrons. The van der Waals surface area contributed by atoms with Crippen molar-refractivity contribution in [2.75, 3.05) is 4.90 Å². The van der Waals surface area contributed by atoms with Crippen molar-refractivity contribution in [3.05, 3.63) is 65.2 Å². The second kappa shape index (κ2) is 7.61.